The van der Waals surface area contributed by atoms with Crippen molar-refractivity contribution in [3.63, 3.8) is 0 Å². The Morgan fingerprint density at radius 3 is 2.82 bits per heavy atom. The molecule has 0 aromatic carbocycles. The summed E-state index contributed by atoms with van der Waals surface area (Å²) in [4.78, 5) is 12.2. The summed E-state index contributed by atoms with van der Waals surface area (Å²) in [7, 11) is 1.54. The van der Waals surface area contributed by atoms with Crippen LogP contribution >= 0.6 is 0 Å². The molecule has 3 aliphatic rings. The highest BCUT2D eigenvalue weighted by Gasteiger charge is 2.52. The second-order valence-electron chi connectivity index (χ2n) is 8.25. The van der Waals surface area contributed by atoms with Crippen molar-refractivity contribution in [1.29, 1.82) is 0 Å². The van der Waals surface area contributed by atoms with E-state index in [0.717, 1.165) is 19.3 Å². The van der Waals surface area contributed by atoms with E-state index in [1.54, 1.807) is 5.57 Å². The van der Waals surface area contributed by atoms with Crippen molar-refractivity contribution in [3.05, 3.63) is 24.3 Å². The van der Waals surface area contributed by atoms with Gasteiger partial charge in [-0.3, -0.25) is 4.79 Å². The van der Waals surface area contributed by atoms with Crippen molar-refractivity contribution in [2.45, 2.75) is 58.8 Å². The van der Waals surface area contributed by atoms with Gasteiger partial charge in [0.15, 0.2) is 0 Å². The van der Waals surface area contributed by atoms with Crippen LogP contribution in [0.1, 0.15) is 58.8 Å². The van der Waals surface area contributed by atoms with Gasteiger partial charge < -0.3 is 4.74 Å². The molecule has 0 saturated heterocycles. The Morgan fingerprint density at radius 2 is 2.14 bits per heavy atom. The molecule has 3 aliphatic carbocycles. The number of hydrogen-bond donors (Lipinski definition) is 0. The van der Waals surface area contributed by atoms with Crippen LogP contribution < -0.4 is 0 Å². The highest BCUT2D eigenvalue weighted by Crippen LogP contribution is 2.60. The number of rotatable bonds is 2. The molecular weight excluding hydrogens is 272 g/mol. The van der Waals surface area contributed by atoms with Gasteiger partial charge >= 0.3 is 5.97 Å². The molecule has 5 unspecified atom stereocenters. The first-order valence-corrected chi connectivity index (χ1v) is 8.85. The van der Waals surface area contributed by atoms with Gasteiger partial charge in [0.05, 0.1) is 13.0 Å². The van der Waals surface area contributed by atoms with Crippen molar-refractivity contribution >= 4 is 5.97 Å². The topological polar surface area (TPSA) is 26.3 Å². The smallest absolute Gasteiger partial charge is 0.308 e. The molecule has 0 bridgehead atoms. The van der Waals surface area contributed by atoms with E-state index in [-0.39, 0.29) is 22.7 Å². The van der Waals surface area contributed by atoms with E-state index in [1.807, 2.05) is 0 Å². The summed E-state index contributed by atoms with van der Waals surface area (Å²) in [6.45, 7) is 8.80. The predicted molar refractivity (Wildman–Crippen MR) is 89.3 cm³/mol. The number of carbonyl (C=O) groups is 1. The van der Waals surface area contributed by atoms with E-state index in [2.05, 4.69) is 32.6 Å². The lowest BCUT2D eigenvalue weighted by Crippen LogP contribution is -2.48. The summed E-state index contributed by atoms with van der Waals surface area (Å²) in [6.07, 6.45) is 12.8. The van der Waals surface area contributed by atoms with Crippen LogP contribution in [0.4, 0.5) is 0 Å². The zero-order chi connectivity index (χ0) is 16.0. The molecule has 22 heavy (non-hydrogen) atoms. The molecule has 3 rings (SSSR count). The molecule has 2 saturated carbocycles. The Labute approximate surface area is 135 Å². The number of fused-ring (bicyclic) bond motifs is 3. The standard InChI is InChI=1S/C20H30O2/c1-5-19(2)12-10-16-14(13-19)8-9-17-15(18(21)22-4)7-6-11-20(16,17)3/h5,10,14-15,17H,1,6-9,11-13H2,2-4H3. The van der Waals surface area contributed by atoms with Gasteiger partial charge in [-0.2, -0.15) is 0 Å². The van der Waals surface area contributed by atoms with Crippen molar-refractivity contribution in [2.75, 3.05) is 7.11 Å². The fraction of sp³-hybridized carbons (Fsp3) is 0.750. The van der Waals surface area contributed by atoms with E-state index >= 15 is 0 Å². The second kappa shape index (κ2) is 5.54. The maximum absolute atomic E-state index is 12.2. The van der Waals surface area contributed by atoms with Crippen LogP contribution in [0.3, 0.4) is 0 Å². The molecule has 5 atom stereocenters. The van der Waals surface area contributed by atoms with Crippen LogP contribution in [-0.4, -0.2) is 13.1 Å². The van der Waals surface area contributed by atoms with Crippen molar-refractivity contribution in [3.8, 4) is 0 Å². The third-order valence-corrected chi connectivity index (χ3v) is 6.94. The van der Waals surface area contributed by atoms with Crippen LogP contribution in [0.5, 0.6) is 0 Å². The molecule has 122 valence electrons. The first kappa shape index (κ1) is 15.8. The molecule has 0 spiro atoms. The highest BCUT2D eigenvalue weighted by atomic mass is 16.5. The fourth-order valence-electron chi connectivity index (χ4n) is 5.60. The van der Waals surface area contributed by atoms with Gasteiger partial charge in [-0.15, -0.1) is 6.58 Å². The number of carbonyl (C=O) groups excluding carboxylic acids is 1. The number of methoxy groups -OCH3 is 1. The zero-order valence-electron chi connectivity index (χ0n) is 14.4. The zero-order valence-corrected chi connectivity index (χ0v) is 14.4. The van der Waals surface area contributed by atoms with Gasteiger partial charge in [-0.05, 0) is 61.2 Å². The van der Waals surface area contributed by atoms with Crippen LogP contribution in [0.2, 0.25) is 0 Å². The molecule has 0 amide bonds. The van der Waals surface area contributed by atoms with E-state index in [0.29, 0.717) is 11.8 Å². The quantitative estimate of drug-likeness (QED) is 0.535. The molecule has 0 heterocycles. The van der Waals surface area contributed by atoms with Crippen molar-refractivity contribution in [1.82, 2.24) is 0 Å². The van der Waals surface area contributed by atoms with E-state index < -0.39 is 0 Å². The Kier molecular flexibility index (Phi) is 3.99. The van der Waals surface area contributed by atoms with Gasteiger partial charge in [0, 0.05) is 0 Å². The average Bonchev–Trinajstić information content (AvgIpc) is 2.52. The van der Waals surface area contributed by atoms with E-state index in [9.17, 15) is 4.79 Å². The average molecular weight is 302 g/mol. The molecule has 0 N–H and O–H groups in total. The first-order chi connectivity index (χ1) is 10.4. The lowest BCUT2D eigenvalue weighted by Gasteiger charge is -2.55. The minimum absolute atomic E-state index is 0.0155. The Bertz CT molecular complexity index is 506. The summed E-state index contributed by atoms with van der Waals surface area (Å²) in [5.41, 5.74) is 2.12. The van der Waals surface area contributed by atoms with Gasteiger partial charge in [-0.25, -0.2) is 0 Å². The summed E-state index contributed by atoms with van der Waals surface area (Å²) < 4.78 is 5.10. The van der Waals surface area contributed by atoms with E-state index in [1.165, 1.54) is 32.8 Å². The van der Waals surface area contributed by atoms with Gasteiger partial charge in [0.25, 0.3) is 0 Å². The maximum Gasteiger partial charge on any atom is 0.308 e. The molecule has 2 nitrogen and oxygen atoms in total. The summed E-state index contributed by atoms with van der Waals surface area (Å²) in [6, 6.07) is 0. The molecule has 0 radical (unpaired) electrons. The third kappa shape index (κ3) is 2.35. The molecular formula is C20H30O2. The van der Waals surface area contributed by atoms with Gasteiger partial charge in [0.1, 0.15) is 0 Å². The maximum atomic E-state index is 12.2. The largest absolute Gasteiger partial charge is 0.469 e. The first-order valence-electron chi connectivity index (χ1n) is 8.85. The summed E-state index contributed by atoms with van der Waals surface area (Å²) >= 11 is 0. The highest BCUT2D eigenvalue weighted by molar-refractivity contribution is 5.73. The third-order valence-electron chi connectivity index (χ3n) is 6.94. The van der Waals surface area contributed by atoms with Crippen LogP contribution in [-0.2, 0) is 9.53 Å². The van der Waals surface area contributed by atoms with Gasteiger partial charge in [0.2, 0.25) is 0 Å². The molecule has 0 aromatic heterocycles. The van der Waals surface area contributed by atoms with Crippen molar-refractivity contribution in [2.24, 2.45) is 28.6 Å². The summed E-state index contributed by atoms with van der Waals surface area (Å²) in [5.74, 6) is 1.29. The predicted octanol–water partition coefficient (Wildman–Crippen LogP) is 4.90. The molecule has 2 heteroatoms. The monoisotopic (exact) mass is 302 g/mol. The lowest BCUT2D eigenvalue weighted by molar-refractivity contribution is -0.152. The number of hydrogen-bond acceptors (Lipinski definition) is 2. The second-order valence-corrected chi connectivity index (χ2v) is 8.25. The Balaban J connectivity index is 1.92. The molecule has 2 fully saturated rings. The SMILES string of the molecule is C=CC1(C)CC=C2C(CCC3C(C(=O)OC)CCCC23C)C1. The number of esters is 1. The normalized spacial score (nSPS) is 44.3. The van der Waals surface area contributed by atoms with Crippen LogP contribution in [0.25, 0.3) is 0 Å². The minimum atomic E-state index is 0.0155. The fourth-order valence-corrected chi connectivity index (χ4v) is 5.60. The molecule has 0 aliphatic heterocycles. The Morgan fingerprint density at radius 1 is 1.36 bits per heavy atom. The summed E-state index contributed by atoms with van der Waals surface area (Å²) in [5, 5.41) is 0. The van der Waals surface area contributed by atoms with E-state index in [4.69, 9.17) is 4.74 Å². The number of allylic oxidation sites excluding steroid dienone is 3. The van der Waals surface area contributed by atoms with Crippen molar-refractivity contribution < 1.29 is 9.53 Å². The Hall–Kier alpha value is -1.05. The van der Waals surface area contributed by atoms with Crippen LogP contribution in [0.15, 0.2) is 24.3 Å². The number of ether oxygens (including phenoxy) is 1. The lowest BCUT2D eigenvalue weighted by atomic mass is 9.49. The minimum Gasteiger partial charge on any atom is -0.469 e. The van der Waals surface area contributed by atoms with Crippen LogP contribution in [0, 0.1) is 28.6 Å². The molecule has 0 aromatic rings. The van der Waals surface area contributed by atoms with Gasteiger partial charge in [-0.1, -0.05) is 38.0 Å².